The number of hydrogen-bond acceptors (Lipinski definition) is 10. The molecule has 0 aliphatic rings. The van der Waals surface area contributed by atoms with Gasteiger partial charge in [-0.3, -0.25) is 4.18 Å². The lowest BCUT2D eigenvalue weighted by molar-refractivity contribution is 0.303. The average molecular weight is 452 g/mol. The average Bonchev–Trinajstić information content (AvgIpc) is 3.21. The molecule has 3 heterocycles. The number of rotatable bonds is 7. The van der Waals surface area contributed by atoms with Crippen LogP contribution in [0.5, 0.6) is 0 Å². The Bertz CT molecular complexity index is 1300. The van der Waals surface area contributed by atoms with Crippen molar-refractivity contribution in [3.63, 3.8) is 0 Å². The van der Waals surface area contributed by atoms with Crippen molar-refractivity contribution in [2.75, 3.05) is 12.3 Å². The quantitative estimate of drug-likeness (QED) is 0.402. The first-order chi connectivity index (χ1) is 13.8. The molecule has 1 aromatic carbocycles. The summed E-state index contributed by atoms with van der Waals surface area (Å²) in [4.78, 5) is 17.5. The molecule has 10 nitrogen and oxygen atoms in total. The van der Waals surface area contributed by atoms with Crippen LogP contribution in [0, 0.1) is 6.92 Å². The number of thiazole rings is 1. The minimum atomic E-state index is -3.98. The topological polar surface area (TPSA) is 152 Å². The Hall–Kier alpha value is -2.32. The molecule has 0 atom stereocenters. The Morgan fingerprint density at radius 2 is 2.10 bits per heavy atom. The van der Waals surface area contributed by atoms with E-state index in [9.17, 15) is 8.42 Å². The molecule has 0 bridgehead atoms. The molecule has 0 amide bonds. The van der Waals surface area contributed by atoms with Gasteiger partial charge in [0.25, 0.3) is 0 Å². The van der Waals surface area contributed by atoms with Crippen molar-refractivity contribution in [1.82, 2.24) is 24.5 Å². The Kier molecular flexibility index (Phi) is 5.40. The highest BCUT2D eigenvalue weighted by atomic mass is 32.2. The van der Waals surface area contributed by atoms with E-state index in [1.807, 2.05) is 29.7 Å². The van der Waals surface area contributed by atoms with Crippen LogP contribution in [0.2, 0.25) is 0 Å². The molecule has 0 unspecified atom stereocenters. The van der Waals surface area contributed by atoms with Crippen LogP contribution in [-0.4, -0.2) is 39.5 Å². The molecular formula is C16H17N7O3S3. The van der Waals surface area contributed by atoms with Crippen LogP contribution in [0.3, 0.4) is 0 Å². The summed E-state index contributed by atoms with van der Waals surface area (Å²) in [5.74, 6) is 0.275. The molecule has 0 aliphatic heterocycles. The Balaban J connectivity index is 1.66. The zero-order valence-electron chi connectivity index (χ0n) is 15.3. The van der Waals surface area contributed by atoms with Crippen molar-refractivity contribution in [3.8, 4) is 0 Å². The summed E-state index contributed by atoms with van der Waals surface area (Å²) >= 11 is 2.98. The van der Waals surface area contributed by atoms with E-state index < -0.39 is 10.3 Å². The minimum absolute atomic E-state index is 0.0521. The number of hydrogen-bond donors (Lipinski definition) is 2. The fourth-order valence-electron chi connectivity index (χ4n) is 2.80. The molecule has 0 fully saturated rings. The summed E-state index contributed by atoms with van der Waals surface area (Å²) in [5, 5.41) is 5.51. The summed E-state index contributed by atoms with van der Waals surface area (Å²) in [7, 11) is -3.98. The summed E-state index contributed by atoms with van der Waals surface area (Å²) < 4.78 is 30.3. The fourth-order valence-corrected chi connectivity index (χ4v) is 5.28. The molecule has 0 radical (unpaired) electrons. The van der Waals surface area contributed by atoms with Crippen LogP contribution in [-0.2, 0) is 21.0 Å². The van der Waals surface area contributed by atoms with Gasteiger partial charge in [-0.2, -0.15) is 8.42 Å². The van der Waals surface area contributed by atoms with Crippen molar-refractivity contribution >= 4 is 60.6 Å². The predicted octanol–water partition coefficient (Wildman–Crippen LogP) is 2.09. The lowest BCUT2D eigenvalue weighted by Gasteiger charge is -2.07. The largest absolute Gasteiger partial charge is 0.382 e. The standard InChI is InChI=1S/C16H17N7O3S3/c1-9-4-2-5-10-12(9)27-16(21-10)28-15-22-11-13(17)19-8-20-14(11)23(15)6-3-7-26-29(18,24)25/h2,4-5,8H,3,6-7H2,1H3,(H2,17,19,20)(H2,18,24,25). The van der Waals surface area contributed by atoms with Gasteiger partial charge in [-0.05, 0) is 36.7 Å². The number of benzene rings is 1. The van der Waals surface area contributed by atoms with Gasteiger partial charge in [0.15, 0.2) is 26.5 Å². The summed E-state index contributed by atoms with van der Waals surface area (Å²) in [6.07, 6.45) is 1.75. The number of nitrogens with zero attached hydrogens (tertiary/aromatic N) is 5. The second-order valence-corrected chi connectivity index (χ2v) is 9.59. The molecule has 0 spiro atoms. The number of imidazole rings is 1. The highest BCUT2D eigenvalue weighted by Crippen LogP contribution is 2.36. The Labute approximate surface area is 174 Å². The molecule has 4 rings (SSSR count). The van der Waals surface area contributed by atoms with E-state index in [-0.39, 0.29) is 12.4 Å². The van der Waals surface area contributed by atoms with Gasteiger partial charge in [-0.25, -0.2) is 25.1 Å². The number of nitrogen functional groups attached to an aromatic ring is 1. The molecule has 4 N–H and O–H groups in total. The summed E-state index contributed by atoms with van der Waals surface area (Å²) in [5.41, 5.74) is 9.10. The van der Waals surface area contributed by atoms with E-state index in [2.05, 4.69) is 24.1 Å². The van der Waals surface area contributed by atoms with Gasteiger partial charge in [0.1, 0.15) is 6.33 Å². The van der Waals surface area contributed by atoms with Gasteiger partial charge in [0.05, 0.1) is 16.8 Å². The third-order valence-electron chi connectivity index (χ3n) is 4.07. The van der Waals surface area contributed by atoms with E-state index in [1.54, 1.807) is 11.3 Å². The zero-order valence-corrected chi connectivity index (χ0v) is 17.7. The molecule has 152 valence electrons. The number of aromatic nitrogens is 5. The van der Waals surface area contributed by atoms with E-state index in [1.165, 1.54) is 18.1 Å². The molecule has 13 heteroatoms. The normalized spacial score (nSPS) is 12.2. The van der Waals surface area contributed by atoms with Gasteiger partial charge in [0, 0.05) is 6.54 Å². The van der Waals surface area contributed by atoms with Gasteiger partial charge in [-0.1, -0.05) is 12.1 Å². The first-order valence-electron chi connectivity index (χ1n) is 8.50. The highest BCUT2D eigenvalue weighted by molar-refractivity contribution is 8.01. The maximum atomic E-state index is 11.0. The Morgan fingerprint density at radius 1 is 1.28 bits per heavy atom. The first-order valence-corrected chi connectivity index (χ1v) is 11.6. The second kappa shape index (κ2) is 7.84. The smallest absolute Gasteiger partial charge is 0.333 e. The van der Waals surface area contributed by atoms with Crippen LogP contribution < -0.4 is 10.9 Å². The Morgan fingerprint density at radius 3 is 2.86 bits per heavy atom. The van der Waals surface area contributed by atoms with E-state index in [0.717, 1.165) is 20.1 Å². The molecule has 0 saturated carbocycles. The van der Waals surface area contributed by atoms with Crippen LogP contribution >= 0.6 is 23.1 Å². The molecule has 0 aliphatic carbocycles. The lowest BCUT2D eigenvalue weighted by atomic mass is 10.2. The van der Waals surface area contributed by atoms with Crippen LogP contribution in [0.1, 0.15) is 12.0 Å². The first kappa shape index (κ1) is 20.0. The van der Waals surface area contributed by atoms with Crippen molar-refractivity contribution in [2.45, 2.75) is 29.4 Å². The highest BCUT2D eigenvalue weighted by Gasteiger charge is 2.18. The monoisotopic (exact) mass is 451 g/mol. The zero-order chi connectivity index (χ0) is 20.6. The molecule has 4 aromatic rings. The predicted molar refractivity (Wildman–Crippen MR) is 112 cm³/mol. The lowest BCUT2D eigenvalue weighted by Crippen LogP contribution is -2.17. The second-order valence-electron chi connectivity index (χ2n) is 6.15. The van der Waals surface area contributed by atoms with Crippen LogP contribution in [0.25, 0.3) is 21.4 Å². The van der Waals surface area contributed by atoms with Crippen molar-refractivity contribution < 1.29 is 12.6 Å². The fraction of sp³-hybridized carbons (Fsp3) is 0.250. The van der Waals surface area contributed by atoms with Gasteiger partial charge in [-0.15, -0.1) is 11.3 Å². The number of anilines is 1. The summed E-state index contributed by atoms with van der Waals surface area (Å²) in [6.45, 7) is 2.41. The number of fused-ring (bicyclic) bond motifs is 2. The third kappa shape index (κ3) is 4.33. The van der Waals surface area contributed by atoms with E-state index in [4.69, 9.17) is 10.9 Å². The number of nitrogens with two attached hydrogens (primary N) is 2. The van der Waals surface area contributed by atoms with Gasteiger partial charge < -0.3 is 10.3 Å². The van der Waals surface area contributed by atoms with Crippen molar-refractivity contribution in [1.29, 1.82) is 0 Å². The summed E-state index contributed by atoms with van der Waals surface area (Å²) in [6, 6.07) is 5.99. The SMILES string of the molecule is Cc1cccc2nc(Sc3nc4c(N)ncnc4n3CCCOS(N)(=O)=O)sc12. The maximum absolute atomic E-state index is 11.0. The van der Waals surface area contributed by atoms with Crippen LogP contribution in [0.4, 0.5) is 5.82 Å². The molecular weight excluding hydrogens is 434 g/mol. The van der Waals surface area contributed by atoms with Crippen molar-refractivity contribution in [2.24, 2.45) is 5.14 Å². The number of aryl methyl sites for hydroxylation is 2. The molecule has 29 heavy (non-hydrogen) atoms. The maximum Gasteiger partial charge on any atom is 0.333 e. The van der Waals surface area contributed by atoms with E-state index in [0.29, 0.717) is 29.3 Å². The molecule has 3 aromatic heterocycles. The molecule has 0 saturated heterocycles. The van der Waals surface area contributed by atoms with Gasteiger partial charge >= 0.3 is 10.3 Å². The van der Waals surface area contributed by atoms with Crippen LogP contribution in [0.15, 0.2) is 34.0 Å². The van der Waals surface area contributed by atoms with E-state index >= 15 is 0 Å². The third-order valence-corrected chi connectivity index (χ3v) is 6.83. The van der Waals surface area contributed by atoms with Crippen molar-refractivity contribution in [3.05, 3.63) is 30.1 Å². The minimum Gasteiger partial charge on any atom is -0.382 e. The van der Waals surface area contributed by atoms with Gasteiger partial charge in [0.2, 0.25) is 0 Å².